The molecule has 0 saturated heterocycles. The third kappa shape index (κ3) is 4.04. The van der Waals surface area contributed by atoms with Crippen molar-refractivity contribution in [2.24, 2.45) is 5.73 Å². The predicted octanol–water partition coefficient (Wildman–Crippen LogP) is 2.59. The largest absolute Gasteiger partial charge is 0.463 e. The maximum absolute atomic E-state index is 12.7. The van der Waals surface area contributed by atoms with Gasteiger partial charge in [-0.1, -0.05) is 30.3 Å². The minimum absolute atomic E-state index is 0.169. The zero-order valence-electron chi connectivity index (χ0n) is 14.1. The van der Waals surface area contributed by atoms with Crippen molar-refractivity contribution in [1.82, 2.24) is 4.98 Å². The van der Waals surface area contributed by atoms with E-state index in [9.17, 15) is 9.59 Å². The SMILES string of the molecule is NCC(C(=O)Nc1ccc2cnccc2c1)c1ccc(COC=O)cc1. The molecule has 0 aliphatic heterocycles. The minimum atomic E-state index is -0.468. The van der Waals surface area contributed by atoms with Gasteiger partial charge in [-0.15, -0.1) is 0 Å². The molecule has 26 heavy (non-hydrogen) atoms. The number of amides is 1. The van der Waals surface area contributed by atoms with Crippen molar-refractivity contribution >= 4 is 28.8 Å². The third-order valence-electron chi connectivity index (χ3n) is 4.16. The average molecular weight is 349 g/mol. The lowest BCUT2D eigenvalue weighted by atomic mass is 9.97. The van der Waals surface area contributed by atoms with Crippen LogP contribution in [-0.2, 0) is 20.9 Å². The monoisotopic (exact) mass is 349 g/mol. The number of carbonyl (C=O) groups excluding carboxylic acids is 2. The molecule has 0 aliphatic rings. The highest BCUT2D eigenvalue weighted by Crippen LogP contribution is 2.21. The first kappa shape index (κ1) is 17.6. The number of ether oxygens (including phenoxy) is 1. The zero-order chi connectivity index (χ0) is 18.4. The number of aromatic nitrogens is 1. The number of hydrogen-bond donors (Lipinski definition) is 2. The molecule has 1 aromatic heterocycles. The second kappa shape index (κ2) is 8.22. The summed E-state index contributed by atoms with van der Waals surface area (Å²) in [5.41, 5.74) is 8.20. The minimum Gasteiger partial charge on any atom is -0.463 e. The van der Waals surface area contributed by atoms with Crippen molar-refractivity contribution in [3.05, 3.63) is 72.1 Å². The molecule has 3 rings (SSSR count). The second-order valence-electron chi connectivity index (χ2n) is 5.86. The summed E-state index contributed by atoms with van der Waals surface area (Å²) in [6.07, 6.45) is 3.49. The van der Waals surface area contributed by atoms with E-state index in [0.717, 1.165) is 21.9 Å². The number of rotatable bonds is 7. The van der Waals surface area contributed by atoms with Gasteiger partial charge in [0.05, 0.1) is 5.92 Å². The number of pyridine rings is 1. The Morgan fingerprint density at radius 3 is 2.69 bits per heavy atom. The van der Waals surface area contributed by atoms with Gasteiger partial charge < -0.3 is 15.8 Å². The van der Waals surface area contributed by atoms with Crippen LogP contribution < -0.4 is 11.1 Å². The van der Waals surface area contributed by atoms with E-state index < -0.39 is 5.92 Å². The van der Waals surface area contributed by atoms with Gasteiger partial charge in [0.1, 0.15) is 6.61 Å². The lowest BCUT2D eigenvalue weighted by Crippen LogP contribution is -2.27. The molecule has 1 atom stereocenters. The lowest BCUT2D eigenvalue weighted by molar-refractivity contribution is -0.129. The van der Waals surface area contributed by atoms with Gasteiger partial charge in [0.2, 0.25) is 5.91 Å². The topological polar surface area (TPSA) is 94.3 Å². The summed E-state index contributed by atoms with van der Waals surface area (Å²) in [7, 11) is 0. The molecule has 6 heteroatoms. The van der Waals surface area contributed by atoms with Gasteiger partial charge in [-0.25, -0.2) is 0 Å². The molecular formula is C20H19N3O3. The number of anilines is 1. The van der Waals surface area contributed by atoms with E-state index in [1.807, 2.05) is 48.5 Å². The molecule has 1 amide bonds. The van der Waals surface area contributed by atoms with Gasteiger partial charge >= 0.3 is 0 Å². The van der Waals surface area contributed by atoms with Crippen LogP contribution in [0.3, 0.4) is 0 Å². The molecule has 3 aromatic rings. The van der Waals surface area contributed by atoms with Crippen LogP contribution in [-0.4, -0.2) is 23.9 Å². The van der Waals surface area contributed by atoms with Gasteiger partial charge in [-0.3, -0.25) is 14.6 Å². The smallest absolute Gasteiger partial charge is 0.293 e. The molecule has 1 unspecified atom stereocenters. The summed E-state index contributed by atoms with van der Waals surface area (Å²) < 4.78 is 4.72. The molecule has 0 radical (unpaired) electrons. The van der Waals surface area contributed by atoms with E-state index in [1.54, 1.807) is 12.4 Å². The van der Waals surface area contributed by atoms with Crippen LogP contribution in [0.25, 0.3) is 10.8 Å². The van der Waals surface area contributed by atoms with Gasteiger partial charge in [-0.05, 0) is 34.7 Å². The molecule has 0 saturated carbocycles. The van der Waals surface area contributed by atoms with E-state index in [2.05, 4.69) is 10.3 Å². The molecule has 0 bridgehead atoms. The normalized spacial score (nSPS) is 11.7. The Kier molecular flexibility index (Phi) is 5.56. The van der Waals surface area contributed by atoms with E-state index >= 15 is 0 Å². The number of hydrogen-bond acceptors (Lipinski definition) is 5. The van der Waals surface area contributed by atoms with Crippen molar-refractivity contribution in [2.45, 2.75) is 12.5 Å². The van der Waals surface area contributed by atoms with Crippen LogP contribution in [0.2, 0.25) is 0 Å². The van der Waals surface area contributed by atoms with Crippen molar-refractivity contribution < 1.29 is 14.3 Å². The first-order valence-electron chi connectivity index (χ1n) is 8.20. The lowest BCUT2D eigenvalue weighted by Gasteiger charge is -2.16. The van der Waals surface area contributed by atoms with Gasteiger partial charge in [0.15, 0.2) is 0 Å². The van der Waals surface area contributed by atoms with Crippen LogP contribution in [0.1, 0.15) is 17.0 Å². The number of nitrogens with zero attached hydrogens (tertiary/aromatic N) is 1. The number of benzene rings is 2. The number of fused-ring (bicyclic) bond motifs is 1. The average Bonchev–Trinajstić information content (AvgIpc) is 2.68. The third-order valence-corrected chi connectivity index (χ3v) is 4.16. The van der Waals surface area contributed by atoms with E-state index in [1.165, 1.54) is 0 Å². The number of nitrogens with one attached hydrogen (secondary N) is 1. The maximum atomic E-state index is 12.7. The molecule has 2 aromatic carbocycles. The predicted molar refractivity (Wildman–Crippen MR) is 99.5 cm³/mol. The molecule has 3 N–H and O–H groups in total. The van der Waals surface area contributed by atoms with Gasteiger partial charge in [-0.2, -0.15) is 0 Å². The summed E-state index contributed by atoms with van der Waals surface area (Å²) in [5, 5.41) is 4.93. The Balaban J connectivity index is 1.74. The molecule has 1 heterocycles. The highest BCUT2D eigenvalue weighted by molar-refractivity contribution is 5.98. The van der Waals surface area contributed by atoms with Crippen LogP contribution in [0.4, 0.5) is 5.69 Å². The van der Waals surface area contributed by atoms with Gasteiger partial charge in [0.25, 0.3) is 6.47 Å². The molecule has 0 spiro atoms. The summed E-state index contributed by atoms with van der Waals surface area (Å²) in [6.45, 7) is 0.798. The van der Waals surface area contributed by atoms with Gasteiger partial charge in [0, 0.05) is 30.0 Å². The maximum Gasteiger partial charge on any atom is 0.293 e. The molecule has 6 nitrogen and oxygen atoms in total. The Bertz CT molecular complexity index is 910. The van der Waals surface area contributed by atoms with Crippen molar-refractivity contribution in [2.75, 3.05) is 11.9 Å². The van der Waals surface area contributed by atoms with Crippen molar-refractivity contribution in [1.29, 1.82) is 0 Å². The summed E-state index contributed by atoms with van der Waals surface area (Å²) in [4.78, 5) is 27.0. The number of carbonyl (C=O) groups is 2. The Morgan fingerprint density at radius 2 is 1.96 bits per heavy atom. The Labute approximate surface area is 151 Å². The fraction of sp³-hybridized carbons (Fsp3) is 0.150. The zero-order valence-corrected chi connectivity index (χ0v) is 14.1. The summed E-state index contributed by atoms with van der Waals surface area (Å²) >= 11 is 0. The van der Waals surface area contributed by atoms with Crippen LogP contribution in [0.5, 0.6) is 0 Å². The standard InChI is InChI=1S/C20H19N3O3/c21-10-19(15-3-1-14(2-4-15)12-26-13-24)20(25)23-18-6-5-17-11-22-8-7-16(17)9-18/h1-9,11,13,19H,10,12,21H2,(H,23,25). The fourth-order valence-electron chi connectivity index (χ4n) is 2.76. The van der Waals surface area contributed by atoms with Crippen LogP contribution >= 0.6 is 0 Å². The Hall–Kier alpha value is -3.25. The van der Waals surface area contributed by atoms with Crippen LogP contribution in [0, 0.1) is 0 Å². The fourth-order valence-corrected chi connectivity index (χ4v) is 2.76. The molecule has 0 aliphatic carbocycles. The van der Waals surface area contributed by atoms with E-state index in [-0.39, 0.29) is 19.1 Å². The summed E-state index contributed by atoms with van der Waals surface area (Å²) in [6, 6.07) is 14.8. The number of nitrogens with two attached hydrogens (primary N) is 1. The first-order chi connectivity index (χ1) is 12.7. The quantitative estimate of drug-likeness (QED) is 0.639. The van der Waals surface area contributed by atoms with Crippen molar-refractivity contribution in [3.63, 3.8) is 0 Å². The first-order valence-corrected chi connectivity index (χ1v) is 8.20. The molecule has 132 valence electrons. The molecule has 0 fully saturated rings. The van der Waals surface area contributed by atoms with E-state index in [4.69, 9.17) is 10.5 Å². The highest BCUT2D eigenvalue weighted by Gasteiger charge is 2.19. The van der Waals surface area contributed by atoms with Crippen LogP contribution in [0.15, 0.2) is 60.9 Å². The second-order valence-corrected chi connectivity index (χ2v) is 5.86. The highest BCUT2D eigenvalue weighted by atomic mass is 16.5. The van der Waals surface area contributed by atoms with E-state index in [0.29, 0.717) is 12.2 Å². The summed E-state index contributed by atoms with van der Waals surface area (Å²) in [5.74, 6) is -0.637. The Morgan fingerprint density at radius 1 is 1.15 bits per heavy atom. The van der Waals surface area contributed by atoms with Crippen molar-refractivity contribution in [3.8, 4) is 0 Å². The molecular weight excluding hydrogens is 330 g/mol.